The lowest BCUT2D eigenvalue weighted by Crippen LogP contribution is -2.36. The van der Waals surface area contributed by atoms with Crippen LogP contribution in [0.1, 0.15) is 41.2 Å². The Hall–Kier alpha value is -2.05. The molecule has 1 saturated carbocycles. The van der Waals surface area contributed by atoms with E-state index in [0.717, 1.165) is 23.5 Å². The maximum atomic E-state index is 14.0. The molecule has 0 bridgehead atoms. The number of hydrogen-bond acceptors (Lipinski definition) is 13. The van der Waals surface area contributed by atoms with E-state index in [2.05, 4.69) is 19.9 Å². The van der Waals surface area contributed by atoms with Gasteiger partial charge in [0.15, 0.2) is 0 Å². The number of nitrogen functional groups attached to an aromatic ring is 2. The number of thioether (sulfide) groups is 2. The second kappa shape index (κ2) is 12.7. The first kappa shape index (κ1) is 29.5. The molecule has 0 aliphatic heterocycles. The summed E-state index contributed by atoms with van der Waals surface area (Å²) in [4.78, 5) is 30.7. The van der Waals surface area contributed by atoms with Crippen molar-refractivity contribution in [2.75, 3.05) is 34.5 Å². The first-order chi connectivity index (χ1) is 17.4. The summed E-state index contributed by atoms with van der Waals surface area (Å²) in [7, 11) is -8.44. The zero-order valence-electron chi connectivity index (χ0n) is 19.6. The topological polar surface area (TPSA) is 229 Å². The van der Waals surface area contributed by atoms with Gasteiger partial charge in [-0.2, -0.15) is 40.4 Å². The third kappa shape index (κ3) is 8.47. The number of Topliss-reactive ketones (excluding diaryl/α,β-unsaturated/α-hetero) is 1. The van der Waals surface area contributed by atoms with Crippen LogP contribution in [0, 0.1) is 11.8 Å². The van der Waals surface area contributed by atoms with Crippen LogP contribution in [-0.4, -0.2) is 74.7 Å². The highest BCUT2D eigenvalue weighted by molar-refractivity contribution is 8.00. The van der Waals surface area contributed by atoms with Gasteiger partial charge in [0.25, 0.3) is 20.2 Å². The molecule has 0 spiro atoms. The van der Waals surface area contributed by atoms with Gasteiger partial charge in [0.1, 0.15) is 17.4 Å². The molecule has 4 unspecified atom stereocenters. The Kier molecular flexibility index (Phi) is 10.1. The molecule has 1 aliphatic carbocycles. The van der Waals surface area contributed by atoms with Crippen molar-refractivity contribution >= 4 is 61.2 Å². The van der Waals surface area contributed by atoms with E-state index in [4.69, 9.17) is 11.5 Å². The number of nitrogens with zero attached hydrogens (tertiary/aromatic N) is 4. The Balaban J connectivity index is 1.93. The van der Waals surface area contributed by atoms with Gasteiger partial charge in [0.2, 0.25) is 0 Å². The summed E-state index contributed by atoms with van der Waals surface area (Å²) in [5, 5.41) is -1.26. The van der Waals surface area contributed by atoms with Crippen molar-refractivity contribution in [3.63, 3.8) is 0 Å². The van der Waals surface area contributed by atoms with E-state index in [1.807, 2.05) is 0 Å². The van der Waals surface area contributed by atoms with Gasteiger partial charge >= 0.3 is 0 Å². The van der Waals surface area contributed by atoms with E-state index in [1.165, 1.54) is 24.8 Å². The van der Waals surface area contributed by atoms with Crippen molar-refractivity contribution < 1.29 is 30.7 Å². The van der Waals surface area contributed by atoms with Crippen LogP contribution in [0.2, 0.25) is 0 Å². The molecule has 2 aromatic heterocycles. The normalized spacial score (nSPS) is 20.4. The summed E-state index contributed by atoms with van der Waals surface area (Å²) < 4.78 is 63.5. The van der Waals surface area contributed by atoms with Crippen molar-refractivity contribution in [1.82, 2.24) is 19.9 Å². The van der Waals surface area contributed by atoms with Crippen LogP contribution in [0.5, 0.6) is 0 Å². The Bertz CT molecular complexity index is 1210. The standard InChI is InChI=1S/C20H28N6O7S4/c21-19-14(23-4-6-25-19)17(34-8-10-36(28,29)30)12-2-1-3-13(16(12)27)18(35-9-11-37(31,32)33)15-20(22)26-7-5-24-15/h4-7,12-13,17-18H,1-3,8-11H2,(H2,21,25)(H2,22,26)(H,28,29,30)(H,31,32,33). The molecule has 0 saturated heterocycles. The van der Waals surface area contributed by atoms with Crippen molar-refractivity contribution in [2.24, 2.45) is 11.8 Å². The molecule has 0 amide bonds. The second-order valence-electron chi connectivity index (χ2n) is 8.35. The number of carbonyl (C=O) groups is 1. The van der Waals surface area contributed by atoms with Gasteiger partial charge in [-0.3, -0.25) is 23.9 Å². The SMILES string of the molecule is Nc1nccnc1C(SCCS(=O)(=O)O)C1CCCC(C(SCCS(=O)(=O)O)c2nccnc2N)C1=O. The Morgan fingerprint density at radius 1 is 0.784 bits per heavy atom. The predicted molar refractivity (Wildman–Crippen MR) is 142 cm³/mol. The highest BCUT2D eigenvalue weighted by atomic mass is 32.2. The third-order valence-corrected chi connectivity index (χ3v) is 10.5. The minimum absolute atomic E-state index is 0.00237. The van der Waals surface area contributed by atoms with E-state index in [1.54, 1.807) is 0 Å². The molecular weight excluding hydrogens is 565 g/mol. The molecule has 6 N–H and O–H groups in total. The molecule has 1 fully saturated rings. The van der Waals surface area contributed by atoms with Crippen molar-refractivity contribution in [3.05, 3.63) is 36.2 Å². The summed E-state index contributed by atoms with van der Waals surface area (Å²) in [6.07, 6.45) is 7.26. The second-order valence-corrected chi connectivity index (χ2v) is 14.0. The zero-order chi connectivity index (χ0) is 27.2. The number of aromatic nitrogens is 4. The fourth-order valence-corrected chi connectivity index (χ4v) is 8.85. The van der Waals surface area contributed by atoms with Crippen LogP contribution in [0.4, 0.5) is 11.6 Å². The highest BCUT2D eigenvalue weighted by Gasteiger charge is 2.43. The lowest BCUT2D eigenvalue weighted by molar-refractivity contribution is -0.129. The fourth-order valence-electron chi connectivity index (χ4n) is 4.21. The van der Waals surface area contributed by atoms with Crippen LogP contribution in [0.25, 0.3) is 0 Å². The van der Waals surface area contributed by atoms with Crippen molar-refractivity contribution in [2.45, 2.75) is 29.8 Å². The quantitative estimate of drug-likeness (QED) is 0.255. The average Bonchev–Trinajstić information content (AvgIpc) is 2.80. The summed E-state index contributed by atoms with van der Waals surface area (Å²) in [6, 6.07) is 0. The van der Waals surface area contributed by atoms with Crippen molar-refractivity contribution in [3.8, 4) is 0 Å². The molecule has 2 heterocycles. The molecule has 13 nitrogen and oxygen atoms in total. The number of anilines is 2. The van der Waals surface area contributed by atoms with Gasteiger partial charge in [0.05, 0.1) is 33.4 Å². The predicted octanol–water partition coefficient (Wildman–Crippen LogP) is 1.44. The van der Waals surface area contributed by atoms with E-state index >= 15 is 0 Å². The molecule has 17 heteroatoms. The summed E-state index contributed by atoms with van der Waals surface area (Å²) in [5.41, 5.74) is 12.8. The Morgan fingerprint density at radius 3 is 1.51 bits per heavy atom. The van der Waals surface area contributed by atoms with Crippen molar-refractivity contribution in [1.29, 1.82) is 0 Å². The highest BCUT2D eigenvalue weighted by Crippen LogP contribution is 2.49. The van der Waals surface area contributed by atoms with Crippen LogP contribution in [0.3, 0.4) is 0 Å². The molecule has 1 aliphatic rings. The van der Waals surface area contributed by atoms with E-state index in [0.29, 0.717) is 30.7 Å². The maximum absolute atomic E-state index is 14.0. The number of ketones is 1. The number of nitrogens with two attached hydrogens (primary N) is 2. The molecule has 0 aromatic carbocycles. The van der Waals surface area contributed by atoms with Crippen LogP contribution < -0.4 is 11.5 Å². The Labute approximate surface area is 223 Å². The minimum Gasteiger partial charge on any atom is -0.382 e. The van der Waals surface area contributed by atoms with E-state index in [9.17, 15) is 30.7 Å². The summed E-state index contributed by atoms with van der Waals surface area (Å²) >= 11 is 2.29. The average molecular weight is 593 g/mol. The molecule has 0 radical (unpaired) electrons. The first-order valence-electron chi connectivity index (χ1n) is 11.2. The smallest absolute Gasteiger partial charge is 0.265 e. The minimum atomic E-state index is -4.22. The first-order valence-corrected chi connectivity index (χ1v) is 16.5. The molecular formula is C20H28N6O7S4. The van der Waals surface area contributed by atoms with E-state index < -0.39 is 54.1 Å². The summed E-state index contributed by atoms with van der Waals surface area (Å²) in [6.45, 7) is 0. The zero-order valence-corrected chi connectivity index (χ0v) is 22.8. The fraction of sp³-hybridized carbons (Fsp3) is 0.550. The van der Waals surface area contributed by atoms with Gasteiger partial charge in [0, 0.05) is 48.1 Å². The molecule has 2 aromatic rings. The number of hydrogen-bond donors (Lipinski definition) is 4. The molecule has 37 heavy (non-hydrogen) atoms. The molecule has 4 atom stereocenters. The van der Waals surface area contributed by atoms with Gasteiger partial charge in [-0.15, -0.1) is 0 Å². The van der Waals surface area contributed by atoms with Gasteiger partial charge in [-0.25, -0.2) is 9.97 Å². The van der Waals surface area contributed by atoms with E-state index in [-0.39, 0.29) is 28.9 Å². The van der Waals surface area contributed by atoms with Gasteiger partial charge < -0.3 is 11.5 Å². The largest absolute Gasteiger partial charge is 0.382 e. The van der Waals surface area contributed by atoms with Crippen LogP contribution >= 0.6 is 23.5 Å². The maximum Gasteiger partial charge on any atom is 0.265 e. The van der Waals surface area contributed by atoms with Gasteiger partial charge in [-0.1, -0.05) is 6.42 Å². The van der Waals surface area contributed by atoms with Crippen LogP contribution in [0.15, 0.2) is 24.8 Å². The number of carbonyl (C=O) groups excluding carboxylic acids is 1. The lowest BCUT2D eigenvalue weighted by Gasteiger charge is -2.36. The van der Waals surface area contributed by atoms with Crippen LogP contribution in [-0.2, 0) is 25.0 Å². The lowest BCUT2D eigenvalue weighted by atomic mass is 9.75. The monoisotopic (exact) mass is 592 g/mol. The summed E-state index contributed by atoms with van der Waals surface area (Å²) in [5.74, 6) is -2.20. The third-order valence-electron chi connectivity index (χ3n) is 5.82. The Morgan fingerprint density at radius 2 is 1.16 bits per heavy atom. The molecule has 204 valence electrons. The molecule has 3 rings (SSSR count). The number of rotatable bonds is 12. The van der Waals surface area contributed by atoms with Gasteiger partial charge in [-0.05, 0) is 12.8 Å².